The van der Waals surface area contributed by atoms with Gasteiger partial charge in [0.05, 0.1) is 0 Å². The molecular formula is C13H18BrNO. The van der Waals surface area contributed by atoms with Gasteiger partial charge in [-0.3, -0.25) is 4.79 Å². The molecule has 88 valence electrons. The van der Waals surface area contributed by atoms with Crippen LogP contribution in [0.25, 0.3) is 0 Å². The summed E-state index contributed by atoms with van der Waals surface area (Å²) in [5.41, 5.74) is 2.48. The second kappa shape index (κ2) is 6.69. The Bertz CT molecular complexity index is 363. The first-order valence-corrected chi connectivity index (χ1v) is 6.44. The minimum Gasteiger partial charge on any atom is -0.356 e. The molecule has 2 nitrogen and oxygen atoms in total. The first kappa shape index (κ1) is 13.2. The second-order valence-electron chi connectivity index (χ2n) is 3.92. The second-order valence-corrected chi connectivity index (χ2v) is 4.84. The maximum atomic E-state index is 11.4. The smallest absolute Gasteiger partial charge is 0.220 e. The summed E-state index contributed by atoms with van der Waals surface area (Å²) in [6.07, 6.45) is 2.38. The number of amides is 1. The SMILES string of the molecule is CCCNC(=O)CCc1ccc(Br)cc1C. The van der Waals surface area contributed by atoms with Gasteiger partial charge < -0.3 is 5.32 Å². The molecule has 16 heavy (non-hydrogen) atoms. The number of carbonyl (C=O) groups excluding carboxylic acids is 1. The predicted molar refractivity (Wildman–Crippen MR) is 70.5 cm³/mol. The van der Waals surface area contributed by atoms with E-state index >= 15 is 0 Å². The molecule has 1 aromatic carbocycles. The fraction of sp³-hybridized carbons (Fsp3) is 0.462. The number of hydrogen-bond acceptors (Lipinski definition) is 1. The van der Waals surface area contributed by atoms with E-state index in [-0.39, 0.29) is 5.91 Å². The van der Waals surface area contributed by atoms with Gasteiger partial charge in [-0.15, -0.1) is 0 Å². The number of carbonyl (C=O) groups is 1. The standard InChI is InChI=1S/C13H18BrNO/c1-3-8-15-13(16)7-5-11-4-6-12(14)9-10(11)2/h4,6,9H,3,5,7-8H2,1-2H3,(H,15,16). The Morgan fingerprint density at radius 1 is 1.44 bits per heavy atom. The van der Waals surface area contributed by atoms with Gasteiger partial charge in [-0.05, 0) is 43.0 Å². The van der Waals surface area contributed by atoms with Crippen molar-refractivity contribution in [2.45, 2.75) is 33.1 Å². The first-order valence-electron chi connectivity index (χ1n) is 5.65. The fourth-order valence-electron chi connectivity index (χ4n) is 1.54. The lowest BCUT2D eigenvalue weighted by Crippen LogP contribution is -2.24. The topological polar surface area (TPSA) is 29.1 Å². The van der Waals surface area contributed by atoms with E-state index < -0.39 is 0 Å². The average Bonchev–Trinajstić information content (AvgIpc) is 2.25. The highest BCUT2D eigenvalue weighted by Gasteiger charge is 2.03. The van der Waals surface area contributed by atoms with Gasteiger partial charge in [-0.25, -0.2) is 0 Å². The van der Waals surface area contributed by atoms with Crippen LogP contribution in [0.2, 0.25) is 0 Å². The van der Waals surface area contributed by atoms with Crippen molar-refractivity contribution in [2.24, 2.45) is 0 Å². The molecule has 1 rings (SSSR count). The third-order valence-electron chi connectivity index (χ3n) is 2.50. The van der Waals surface area contributed by atoms with Gasteiger partial charge in [-0.1, -0.05) is 28.9 Å². The van der Waals surface area contributed by atoms with E-state index in [4.69, 9.17) is 0 Å². The lowest BCUT2D eigenvalue weighted by atomic mass is 10.0. The molecule has 0 spiro atoms. The largest absolute Gasteiger partial charge is 0.356 e. The molecule has 0 saturated carbocycles. The highest BCUT2D eigenvalue weighted by Crippen LogP contribution is 2.16. The van der Waals surface area contributed by atoms with Gasteiger partial charge in [0.25, 0.3) is 0 Å². The van der Waals surface area contributed by atoms with Crippen LogP contribution in [0.1, 0.15) is 30.9 Å². The Balaban J connectivity index is 2.45. The number of halogens is 1. The summed E-state index contributed by atoms with van der Waals surface area (Å²) >= 11 is 3.43. The first-order chi connectivity index (χ1) is 7.63. The van der Waals surface area contributed by atoms with Crippen molar-refractivity contribution in [1.29, 1.82) is 0 Å². The molecule has 1 aromatic rings. The number of nitrogens with one attached hydrogen (secondary N) is 1. The molecule has 0 aliphatic carbocycles. The van der Waals surface area contributed by atoms with Crippen molar-refractivity contribution < 1.29 is 4.79 Å². The van der Waals surface area contributed by atoms with E-state index in [0.29, 0.717) is 6.42 Å². The molecule has 0 heterocycles. The number of benzene rings is 1. The van der Waals surface area contributed by atoms with Gasteiger partial charge in [0.1, 0.15) is 0 Å². The van der Waals surface area contributed by atoms with Crippen LogP contribution in [0.15, 0.2) is 22.7 Å². The van der Waals surface area contributed by atoms with Crippen LogP contribution in [-0.4, -0.2) is 12.5 Å². The zero-order valence-electron chi connectivity index (χ0n) is 9.85. The maximum absolute atomic E-state index is 11.4. The molecule has 0 fully saturated rings. The van der Waals surface area contributed by atoms with Crippen LogP contribution in [0.4, 0.5) is 0 Å². The minimum absolute atomic E-state index is 0.143. The summed E-state index contributed by atoms with van der Waals surface area (Å²) in [5, 5.41) is 2.89. The summed E-state index contributed by atoms with van der Waals surface area (Å²) in [6, 6.07) is 6.18. The van der Waals surface area contributed by atoms with Crippen LogP contribution >= 0.6 is 15.9 Å². The fourth-order valence-corrected chi connectivity index (χ4v) is 2.02. The monoisotopic (exact) mass is 283 g/mol. The lowest BCUT2D eigenvalue weighted by molar-refractivity contribution is -0.121. The third-order valence-corrected chi connectivity index (χ3v) is 2.99. The Morgan fingerprint density at radius 2 is 2.19 bits per heavy atom. The summed E-state index contributed by atoms with van der Waals surface area (Å²) in [6.45, 7) is 4.90. The molecule has 0 saturated heterocycles. The van der Waals surface area contributed by atoms with Gasteiger partial charge in [0.15, 0.2) is 0 Å². The van der Waals surface area contributed by atoms with Crippen LogP contribution in [-0.2, 0) is 11.2 Å². The zero-order valence-corrected chi connectivity index (χ0v) is 11.4. The van der Waals surface area contributed by atoms with E-state index in [9.17, 15) is 4.79 Å². The highest BCUT2D eigenvalue weighted by atomic mass is 79.9. The van der Waals surface area contributed by atoms with Gasteiger partial charge >= 0.3 is 0 Å². The molecule has 1 N–H and O–H groups in total. The zero-order chi connectivity index (χ0) is 12.0. The molecule has 3 heteroatoms. The van der Waals surface area contributed by atoms with E-state index in [0.717, 1.165) is 23.9 Å². The Labute approximate surface area is 106 Å². The van der Waals surface area contributed by atoms with E-state index in [1.54, 1.807) is 0 Å². The summed E-state index contributed by atoms with van der Waals surface area (Å²) < 4.78 is 1.09. The van der Waals surface area contributed by atoms with Gasteiger partial charge in [0.2, 0.25) is 5.91 Å². The van der Waals surface area contributed by atoms with E-state index in [1.807, 2.05) is 6.07 Å². The highest BCUT2D eigenvalue weighted by molar-refractivity contribution is 9.10. The van der Waals surface area contributed by atoms with Crippen molar-refractivity contribution in [2.75, 3.05) is 6.54 Å². The molecular weight excluding hydrogens is 266 g/mol. The van der Waals surface area contributed by atoms with Crippen LogP contribution in [0.5, 0.6) is 0 Å². The molecule has 0 unspecified atom stereocenters. The van der Waals surface area contributed by atoms with Crippen LogP contribution in [0.3, 0.4) is 0 Å². The Hall–Kier alpha value is -0.830. The normalized spacial score (nSPS) is 10.2. The molecule has 0 atom stereocenters. The molecule has 0 aromatic heterocycles. The predicted octanol–water partition coefficient (Wildman–Crippen LogP) is 3.22. The van der Waals surface area contributed by atoms with Crippen molar-refractivity contribution in [1.82, 2.24) is 5.32 Å². The molecule has 0 radical (unpaired) electrons. The van der Waals surface area contributed by atoms with E-state index in [2.05, 4.69) is 47.2 Å². The van der Waals surface area contributed by atoms with Crippen molar-refractivity contribution in [3.63, 3.8) is 0 Å². The number of hydrogen-bond donors (Lipinski definition) is 1. The summed E-state index contributed by atoms with van der Waals surface area (Å²) in [7, 11) is 0. The molecule has 0 aliphatic heterocycles. The number of rotatable bonds is 5. The summed E-state index contributed by atoms with van der Waals surface area (Å²) in [5.74, 6) is 0.143. The third kappa shape index (κ3) is 4.35. The Kier molecular flexibility index (Phi) is 5.53. The summed E-state index contributed by atoms with van der Waals surface area (Å²) in [4.78, 5) is 11.4. The van der Waals surface area contributed by atoms with Crippen LogP contribution < -0.4 is 5.32 Å². The Morgan fingerprint density at radius 3 is 2.81 bits per heavy atom. The minimum atomic E-state index is 0.143. The van der Waals surface area contributed by atoms with Gasteiger partial charge in [0, 0.05) is 17.4 Å². The quantitative estimate of drug-likeness (QED) is 0.883. The molecule has 0 bridgehead atoms. The molecule has 1 amide bonds. The lowest BCUT2D eigenvalue weighted by Gasteiger charge is -2.06. The van der Waals surface area contributed by atoms with Crippen molar-refractivity contribution in [3.05, 3.63) is 33.8 Å². The van der Waals surface area contributed by atoms with Crippen molar-refractivity contribution in [3.8, 4) is 0 Å². The van der Waals surface area contributed by atoms with Crippen LogP contribution in [0, 0.1) is 6.92 Å². The maximum Gasteiger partial charge on any atom is 0.220 e. The van der Waals surface area contributed by atoms with Gasteiger partial charge in [-0.2, -0.15) is 0 Å². The van der Waals surface area contributed by atoms with E-state index in [1.165, 1.54) is 11.1 Å². The number of aryl methyl sites for hydroxylation is 2. The average molecular weight is 284 g/mol. The van der Waals surface area contributed by atoms with Crippen molar-refractivity contribution >= 4 is 21.8 Å². The molecule has 0 aliphatic rings.